The van der Waals surface area contributed by atoms with Crippen molar-refractivity contribution in [2.75, 3.05) is 32.7 Å². The fourth-order valence-corrected chi connectivity index (χ4v) is 4.41. The molecular formula is C19H23N3O6S. The summed E-state index contributed by atoms with van der Waals surface area (Å²) >= 11 is 0. The minimum atomic E-state index is -3.79. The summed E-state index contributed by atoms with van der Waals surface area (Å²) in [7, 11) is 0.622. The Morgan fingerprint density at radius 1 is 1.17 bits per heavy atom. The van der Waals surface area contributed by atoms with Gasteiger partial charge in [-0.25, -0.2) is 13.1 Å². The van der Waals surface area contributed by atoms with E-state index < -0.39 is 14.9 Å². The number of nitro groups is 1. The van der Waals surface area contributed by atoms with Gasteiger partial charge in [0.1, 0.15) is 17.2 Å². The summed E-state index contributed by atoms with van der Waals surface area (Å²) in [5, 5.41) is 11.7. The Balaban J connectivity index is 2.10. The molecule has 1 saturated heterocycles. The summed E-state index contributed by atoms with van der Waals surface area (Å²) in [6, 6.07) is 9.28. The lowest BCUT2D eigenvalue weighted by Gasteiger charge is -2.28. The van der Waals surface area contributed by atoms with Gasteiger partial charge in [-0.2, -0.15) is 0 Å². The van der Waals surface area contributed by atoms with E-state index in [1.54, 1.807) is 20.3 Å². The zero-order chi connectivity index (χ0) is 21.2. The first-order valence-corrected chi connectivity index (χ1v) is 10.5. The predicted molar refractivity (Wildman–Crippen MR) is 108 cm³/mol. The molecule has 0 saturated carbocycles. The SMILES string of the molecule is CNS(=O)(=O)c1ccc(N2CCC[C@@H]2c2cc(OC)ccc2OC)c([N+](=O)[O-])c1. The topological polar surface area (TPSA) is 111 Å². The molecule has 2 aromatic rings. The molecule has 0 spiro atoms. The Morgan fingerprint density at radius 2 is 1.93 bits per heavy atom. The summed E-state index contributed by atoms with van der Waals surface area (Å²) in [5.74, 6) is 1.33. The quantitative estimate of drug-likeness (QED) is 0.540. The van der Waals surface area contributed by atoms with Crippen molar-refractivity contribution in [3.63, 3.8) is 0 Å². The largest absolute Gasteiger partial charge is 0.497 e. The van der Waals surface area contributed by atoms with Gasteiger partial charge in [-0.05, 0) is 50.2 Å². The van der Waals surface area contributed by atoms with Crippen molar-refractivity contribution in [3.05, 3.63) is 52.1 Å². The van der Waals surface area contributed by atoms with Crippen molar-refractivity contribution in [2.24, 2.45) is 0 Å². The Kier molecular flexibility index (Phi) is 5.94. The van der Waals surface area contributed by atoms with Crippen molar-refractivity contribution in [1.29, 1.82) is 0 Å². The first-order chi connectivity index (χ1) is 13.8. The molecular weight excluding hydrogens is 398 g/mol. The molecule has 0 radical (unpaired) electrons. The van der Waals surface area contributed by atoms with Gasteiger partial charge in [0.25, 0.3) is 5.69 Å². The van der Waals surface area contributed by atoms with Gasteiger partial charge in [-0.1, -0.05) is 0 Å². The van der Waals surface area contributed by atoms with Crippen LogP contribution in [0.15, 0.2) is 41.3 Å². The average Bonchev–Trinajstić information content (AvgIpc) is 3.22. The van der Waals surface area contributed by atoms with Gasteiger partial charge >= 0.3 is 0 Å². The van der Waals surface area contributed by atoms with Crippen LogP contribution in [0.25, 0.3) is 0 Å². The molecule has 0 unspecified atom stereocenters. The standard InChI is InChI=1S/C19H23N3O6S/c1-20-29(25,26)14-7-8-17(18(12-14)22(23)24)21-10-4-5-16(21)15-11-13(27-2)6-9-19(15)28-3/h6-9,11-12,16,20H,4-5,10H2,1-3H3/t16-/m1/s1. The van der Waals surface area contributed by atoms with Gasteiger partial charge < -0.3 is 14.4 Å². The molecule has 0 aromatic heterocycles. The van der Waals surface area contributed by atoms with Crippen molar-refractivity contribution < 1.29 is 22.8 Å². The van der Waals surface area contributed by atoms with Crippen LogP contribution in [0.2, 0.25) is 0 Å². The lowest BCUT2D eigenvalue weighted by atomic mass is 10.0. The number of methoxy groups -OCH3 is 2. The molecule has 0 amide bonds. The lowest BCUT2D eigenvalue weighted by molar-refractivity contribution is -0.384. The van der Waals surface area contributed by atoms with Gasteiger partial charge in [0.2, 0.25) is 10.0 Å². The number of anilines is 1. The highest BCUT2D eigenvalue weighted by atomic mass is 32.2. The van der Waals surface area contributed by atoms with E-state index in [2.05, 4.69) is 4.72 Å². The molecule has 1 heterocycles. The van der Waals surface area contributed by atoms with Gasteiger partial charge in [-0.15, -0.1) is 0 Å². The highest BCUT2D eigenvalue weighted by Gasteiger charge is 2.33. The van der Waals surface area contributed by atoms with Crippen LogP contribution in [0.3, 0.4) is 0 Å². The molecule has 3 rings (SSSR count). The second-order valence-corrected chi connectivity index (χ2v) is 8.46. The Hall–Kier alpha value is -2.85. The number of nitro benzene ring substituents is 1. The van der Waals surface area contributed by atoms with Crippen molar-refractivity contribution in [3.8, 4) is 11.5 Å². The van der Waals surface area contributed by atoms with E-state index in [9.17, 15) is 18.5 Å². The Bertz CT molecular complexity index is 1020. The second-order valence-electron chi connectivity index (χ2n) is 6.57. The van der Waals surface area contributed by atoms with Crippen LogP contribution in [0.5, 0.6) is 11.5 Å². The predicted octanol–water partition coefficient (Wildman–Crippen LogP) is 2.86. The lowest BCUT2D eigenvalue weighted by Crippen LogP contribution is -2.24. The number of ether oxygens (including phenoxy) is 2. The van der Waals surface area contributed by atoms with Crippen LogP contribution >= 0.6 is 0 Å². The molecule has 1 aliphatic rings. The number of rotatable bonds is 7. The number of sulfonamides is 1. The first-order valence-electron chi connectivity index (χ1n) is 9.03. The van der Waals surface area contributed by atoms with E-state index in [1.807, 2.05) is 17.0 Å². The Labute approximate surface area is 169 Å². The van der Waals surface area contributed by atoms with E-state index in [4.69, 9.17) is 9.47 Å². The average molecular weight is 421 g/mol. The highest BCUT2D eigenvalue weighted by Crippen LogP contribution is 2.44. The smallest absolute Gasteiger partial charge is 0.293 e. The molecule has 1 fully saturated rings. The number of hydrogen-bond acceptors (Lipinski definition) is 7. The fourth-order valence-electron chi connectivity index (χ4n) is 3.66. The molecule has 1 atom stereocenters. The van der Waals surface area contributed by atoms with Gasteiger partial charge in [0.05, 0.1) is 30.1 Å². The first kappa shape index (κ1) is 20.9. The zero-order valence-electron chi connectivity index (χ0n) is 16.4. The molecule has 2 aromatic carbocycles. The molecule has 9 nitrogen and oxygen atoms in total. The minimum absolute atomic E-state index is 0.148. The number of nitrogens with zero attached hydrogens (tertiary/aromatic N) is 2. The van der Waals surface area contributed by atoms with Crippen LogP contribution in [0.1, 0.15) is 24.4 Å². The maximum absolute atomic E-state index is 12.1. The highest BCUT2D eigenvalue weighted by molar-refractivity contribution is 7.89. The van der Waals surface area contributed by atoms with Crippen molar-refractivity contribution in [2.45, 2.75) is 23.8 Å². The third kappa shape index (κ3) is 3.99. The summed E-state index contributed by atoms with van der Waals surface area (Å²) in [6.07, 6.45) is 1.61. The Morgan fingerprint density at radius 3 is 2.55 bits per heavy atom. The number of hydrogen-bond donors (Lipinski definition) is 1. The van der Waals surface area contributed by atoms with Crippen LogP contribution in [-0.4, -0.2) is 41.2 Å². The van der Waals surface area contributed by atoms with Crippen LogP contribution in [-0.2, 0) is 10.0 Å². The number of nitrogens with one attached hydrogen (secondary N) is 1. The van der Waals surface area contributed by atoms with Crippen molar-refractivity contribution in [1.82, 2.24) is 4.72 Å². The van der Waals surface area contributed by atoms with Crippen LogP contribution in [0, 0.1) is 10.1 Å². The molecule has 1 aliphatic heterocycles. The van der Waals surface area contributed by atoms with E-state index in [0.717, 1.165) is 24.5 Å². The van der Waals surface area contributed by atoms with Gasteiger partial charge in [0.15, 0.2) is 0 Å². The zero-order valence-corrected chi connectivity index (χ0v) is 17.2. The minimum Gasteiger partial charge on any atom is -0.497 e. The van der Waals surface area contributed by atoms with Crippen molar-refractivity contribution >= 4 is 21.4 Å². The summed E-state index contributed by atoms with van der Waals surface area (Å²) in [4.78, 5) is 13.0. The molecule has 29 heavy (non-hydrogen) atoms. The third-order valence-corrected chi connectivity index (χ3v) is 6.49. The maximum Gasteiger partial charge on any atom is 0.293 e. The molecule has 0 aliphatic carbocycles. The normalized spacial score (nSPS) is 16.7. The van der Waals surface area contributed by atoms with Gasteiger partial charge in [0, 0.05) is 18.2 Å². The fraction of sp³-hybridized carbons (Fsp3) is 0.368. The van der Waals surface area contributed by atoms with E-state index in [0.29, 0.717) is 23.7 Å². The third-order valence-electron chi connectivity index (χ3n) is 5.08. The van der Waals surface area contributed by atoms with E-state index in [1.165, 1.54) is 19.2 Å². The van der Waals surface area contributed by atoms with Gasteiger partial charge in [-0.3, -0.25) is 10.1 Å². The maximum atomic E-state index is 12.1. The van der Waals surface area contributed by atoms with Crippen LogP contribution < -0.4 is 19.1 Å². The van der Waals surface area contributed by atoms with E-state index >= 15 is 0 Å². The summed E-state index contributed by atoms with van der Waals surface area (Å²) < 4.78 is 37.1. The molecule has 10 heteroatoms. The molecule has 156 valence electrons. The monoisotopic (exact) mass is 421 g/mol. The van der Waals surface area contributed by atoms with E-state index in [-0.39, 0.29) is 16.6 Å². The number of benzene rings is 2. The summed E-state index contributed by atoms with van der Waals surface area (Å²) in [5.41, 5.74) is 0.984. The molecule has 0 bridgehead atoms. The van der Waals surface area contributed by atoms with Crippen LogP contribution in [0.4, 0.5) is 11.4 Å². The molecule has 1 N–H and O–H groups in total. The second kappa shape index (κ2) is 8.26. The summed E-state index contributed by atoms with van der Waals surface area (Å²) in [6.45, 7) is 0.601.